The minimum atomic E-state index is -2.07. The number of rotatable bonds is 53. The Hall–Kier alpha value is -9.61. The molecule has 0 bridgehead atoms. The first-order valence-electron chi connectivity index (χ1n) is 31.5. The number of nitrogens with two attached hydrogens (primary N) is 10. The standard InChI is InChI=1S/C56H102N22O19/c1-28(60)44(86)69-30(11-3-6-22-57)45(87)70-31(12-4-7-23-58)46(88)75-36(18-21-41(82)83)51(93)73-34(15-10-26-68-56(65)66)48(90)74-35(16-19-39(61)80)50(92)72-33(14-9-25-67-55(63)64)47(89)71-32(13-5-8-24-59)49(91)77-38(27-42(84)85)52(94)78-43(29(2)79)53(95)76-37(54(96)97)17-20-40(62)81/h28-38,43,79H,3-27,57-60H2,1-2H3,(H2,61,80)(H2,62,81)(H,69,86)(H,70,87)(H,71,89)(H,72,92)(H,73,93)(H,74,90)(H,75,88)(H,76,95)(H,77,91)(H,78,94)(H,82,83)(H,84,85)(H,96,97)(H4,63,64,67)(H4,65,66,68)/t28-,29+,30-,31-,32-,33-,34-,35-,36-,37-,38-,43-/m0/s1. The number of amides is 12. The molecule has 0 aliphatic rings. The number of aliphatic hydroxyl groups is 1. The SMILES string of the molecule is C[C@H](N)C(=O)N[C@@H](CCCCN)C(=O)N[C@@H](CCCCN)C(=O)N[C@@H](CCC(=O)O)C(=O)N[C@@H](CCCN=C(N)N)C(=O)N[C@@H](CCC(N)=O)C(=O)N[C@@H](CCCN=C(N)N)C(=O)N[C@@H](CCCCN)C(=O)N[C@@H](CC(=O)O)C(=O)N[C@H](C(=O)N[C@@H](CCC(N)=O)C(=O)O)[C@@H](C)O. The second kappa shape index (κ2) is 48.1. The fraction of sp³-hybridized carbons (Fsp3) is 0.696. The topological polar surface area (TPSA) is 742 Å². The lowest BCUT2D eigenvalue weighted by atomic mass is 10.0. The van der Waals surface area contributed by atoms with Gasteiger partial charge in [0.15, 0.2) is 11.9 Å². The molecular weight excluding hydrogens is 1280 g/mol. The first-order valence-corrected chi connectivity index (χ1v) is 31.5. The van der Waals surface area contributed by atoms with Gasteiger partial charge in [0.2, 0.25) is 70.9 Å². The number of primary amides is 2. The quantitative estimate of drug-likeness (QED) is 0.0153. The number of aliphatic carboxylic acids is 3. The molecule has 0 aromatic heterocycles. The van der Waals surface area contributed by atoms with E-state index in [0.717, 1.165) is 6.92 Å². The number of carbonyl (C=O) groups excluding carboxylic acids is 12. The second-order valence-electron chi connectivity index (χ2n) is 22.7. The predicted octanol–water partition coefficient (Wildman–Crippen LogP) is -9.99. The van der Waals surface area contributed by atoms with Crippen LogP contribution in [0.4, 0.5) is 0 Å². The van der Waals surface area contributed by atoms with Crippen molar-refractivity contribution in [1.82, 2.24) is 53.2 Å². The Morgan fingerprint density at radius 2 is 0.619 bits per heavy atom. The van der Waals surface area contributed by atoms with Crippen molar-refractivity contribution >= 4 is 101 Å². The zero-order chi connectivity index (χ0) is 73.9. The fourth-order valence-electron chi connectivity index (χ4n) is 8.98. The molecule has 34 N–H and O–H groups in total. The van der Waals surface area contributed by atoms with E-state index in [0.29, 0.717) is 19.3 Å². The van der Waals surface area contributed by atoms with Crippen molar-refractivity contribution in [2.45, 2.75) is 215 Å². The number of carboxylic acid groups (broad SMARTS) is 3. The first kappa shape index (κ1) is 87.4. The van der Waals surface area contributed by atoms with E-state index in [2.05, 4.69) is 57.8 Å². The third-order valence-electron chi connectivity index (χ3n) is 14.3. The number of unbranched alkanes of at least 4 members (excludes halogenated alkanes) is 3. The molecule has 0 heterocycles. The summed E-state index contributed by atoms with van der Waals surface area (Å²) in [6, 6.07) is -18.1. The molecule has 0 saturated carbocycles. The van der Waals surface area contributed by atoms with Gasteiger partial charge >= 0.3 is 17.9 Å². The van der Waals surface area contributed by atoms with Crippen LogP contribution in [0.25, 0.3) is 0 Å². The smallest absolute Gasteiger partial charge is 0.326 e. The molecule has 550 valence electrons. The van der Waals surface area contributed by atoms with E-state index in [4.69, 9.17) is 57.3 Å². The zero-order valence-electron chi connectivity index (χ0n) is 54.7. The highest BCUT2D eigenvalue weighted by Gasteiger charge is 2.38. The molecule has 0 radical (unpaired) electrons. The lowest BCUT2D eigenvalue weighted by molar-refractivity contribution is -0.144. The molecule has 0 aromatic rings. The molecule has 41 nitrogen and oxygen atoms in total. The maximum absolute atomic E-state index is 14.5. The van der Waals surface area contributed by atoms with Crippen LogP contribution >= 0.6 is 0 Å². The van der Waals surface area contributed by atoms with Crippen LogP contribution in [0.5, 0.6) is 0 Å². The van der Waals surface area contributed by atoms with Crippen molar-refractivity contribution in [1.29, 1.82) is 0 Å². The monoisotopic (exact) mass is 1390 g/mol. The van der Waals surface area contributed by atoms with E-state index in [1.54, 1.807) is 0 Å². The summed E-state index contributed by atoms with van der Waals surface area (Å²) in [5.41, 5.74) is 55.4. The van der Waals surface area contributed by atoms with Gasteiger partial charge in [-0.25, -0.2) is 4.79 Å². The van der Waals surface area contributed by atoms with Crippen molar-refractivity contribution in [3.63, 3.8) is 0 Å². The number of aliphatic imine (C=N–C) groups is 2. The highest BCUT2D eigenvalue weighted by Crippen LogP contribution is 2.13. The summed E-state index contributed by atoms with van der Waals surface area (Å²) in [6.07, 6.45) is -5.74. The maximum atomic E-state index is 14.5. The Labute approximate surface area is 559 Å². The van der Waals surface area contributed by atoms with Gasteiger partial charge in [0.05, 0.1) is 18.6 Å². The number of aliphatic hydroxyl groups excluding tert-OH is 1. The Balaban J connectivity index is 7.47. The molecule has 0 unspecified atom stereocenters. The van der Waals surface area contributed by atoms with E-state index in [-0.39, 0.29) is 109 Å². The third-order valence-corrected chi connectivity index (χ3v) is 14.3. The Morgan fingerprint density at radius 1 is 0.340 bits per heavy atom. The number of hydrogen-bond donors (Lipinski definition) is 24. The predicted molar refractivity (Wildman–Crippen MR) is 347 cm³/mol. The van der Waals surface area contributed by atoms with Crippen molar-refractivity contribution in [2.24, 2.45) is 67.3 Å². The van der Waals surface area contributed by atoms with E-state index < -0.39 is 206 Å². The first-order chi connectivity index (χ1) is 45.6. The van der Waals surface area contributed by atoms with Crippen LogP contribution in [0.2, 0.25) is 0 Å². The molecule has 0 rings (SSSR count). The molecule has 0 fully saturated rings. The van der Waals surface area contributed by atoms with Crippen LogP contribution in [0.1, 0.15) is 142 Å². The van der Waals surface area contributed by atoms with Crippen LogP contribution in [0, 0.1) is 0 Å². The van der Waals surface area contributed by atoms with Gasteiger partial charge in [-0.15, -0.1) is 0 Å². The molecule has 0 saturated heterocycles. The summed E-state index contributed by atoms with van der Waals surface area (Å²) in [6.45, 7) is 2.61. The third kappa shape index (κ3) is 38.5. The summed E-state index contributed by atoms with van der Waals surface area (Å²) in [5, 5.41) is 63.2. The van der Waals surface area contributed by atoms with Gasteiger partial charge in [-0.2, -0.15) is 0 Å². The molecule has 0 aliphatic carbocycles. The Morgan fingerprint density at radius 3 is 0.897 bits per heavy atom. The van der Waals surface area contributed by atoms with E-state index >= 15 is 0 Å². The number of nitrogens with zero attached hydrogens (tertiary/aromatic N) is 2. The fourth-order valence-corrected chi connectivity index (χ4v) is 8.98. The van der Waals surface area contributed by atoms with Crippen LogP contribution in [0.15, 0.2) is 9.98 Å². The Kier molecular flexibility index (Phi) is 43.4. The number of hydrogen-bond acceptors (Lipinski definition) is 22. The highest BCUT2D eigenvalue weighted by atomic mass is 16.4. The number of carbonyl (C=O) groups is 15. The van der Waals surface area contributed by atoms with Crippen molar-refractivity contribution in [3.05, 3.63) is 0 Å². The number of carboxylic acids is 3. The van der Waals surface area contributed by atoms with Crippen LogP contribution in [0.3, 0.4) is 0 Å². The number of nitrogens with one attached hydrogen (secondary N) is 10. The molecule has 12 atom stereocenters. The molecule has 0 aromatic carbocycles. The molecular formula is C56H102N22O19. The van der Waals surface area contributed by atoms with Crippen molar-refractivity contribution < 1.29 is 92.3 Å². The van der Waals surface area contributed by atoms with E-state index in [1.807, 2.05) is 5.32 Å². The van der Waals surface area contributed by atoms with Gasteiger partial charge < -0.3 is 131 Å². The summed E-state index contributed by atoms with van der Waals surface area (Å²) in [5.74, 6) is -18.3. The van der Waals surface area contributed by atoms with Gasteiger partial charge in [0.1, 0.15) is 60.4 Å². The lowest BCUT2D eigenvalue weighted by Gasteiger charge is -2.28. The normalized spacial score (nSPS) is 14.6. The summed E-state index contributed by atoms with van der Waals surface area (Å²) < 4.78 is 0. The minimum Gasteiger partial charge on any atom is -0.481 e. The van der Waals surface area contributed by atoms with Crippen LogP contribution < -0.4 is 111 Å². The average molecular weight is 1390 g/mol. The molecule has 12 amide bonds. The summed E-state index contributed by atoms with van der Waals surface area (Å²) in [7, 11) is 0. The van der Waals surface area contributed by atoms with Gasteiger partial charge in [0, 0.05) is 32.4 Å². The van der Waals surface area contributed by atoms with E-state index in [1.165, 1.54) is 6.92 Å². The van der Waals surface area contributed by atoms with Gasteiger partial charge in [-0.1, -0.05) is 0 Å². The molecule has 0 spiro atoms. The molecule has 97 heavy (non-hydrogen) atoms. The van der Waals surface area contributed by atoms with Crippen LogP contribution in [-0.4, -0.2) is 226 Å². The van der Waals surface area contributed by atoms with Gasteiger partial charge in [-0.3, -0.25) is 77.1 Å². The summed E-state index contributed by atoms with van der Waals surface area (Å²) >= 11 is 0. The minimum absolute atomic E-state index is 0.0657. The summed E-state index contributed by atoms with van der Waals surface area (Å²) in [4.78, 5) is 207. The highest BCUT2D eigenvalue weighted by molar-refractivity contribution is 6.00. The molecule has 41 heteroatoms. The van der Waals surface area contributed by atoms with Crippen LogP contribution in [-0.2, 0) is 71.9 Å². The van der Waals surface area contributed by atoms with Gasteiger partial charge in [0.25, 0.3) is 0 Å². The largest absolute Gasteiger partial charge is 0.481 e. The zero-order valence-corrected chi connectivity index (χ0v) is 54.7. The second-order valence-corrected chi connectivity index (χ2v) is 22.7. The van der Waals surface area contributed by atoms with Crippen molar-refractivity contribution in [2.75, 3.05) is 32.7 Å². The van der Waals surface area contributed by atoms with Crippen molar-refractivity contribution in [3.8, 4) is 0 Å². The molecule has 0 aliphatic heterocycles. The lowest BCUT2D eigenvalue weighted by Crippen LogP contribution is -2.61. The Bertz CT molecular complexity index is 2700. The van der Waals surface area contributed by atoms with E-state index in [9.17, 15) is 92.3 Å². The average Bonchev–Trinajstić information content (AvgIpc) is 0.926. The van der Waals surface area contributed by atoms with Gasteiger partial charge in [-0.05, 0) is 136 Å². The number of guanidine groups is 2. The maximum Gasteiger partial charge on any atom is 0.326 e.